The summed E-state index contributed by atoms with van der Waals surface area (Å²) in [6, 6.07) is 9.69. The van der Waals surface area contributed by atoms with Gasteiger partial charge in [0.15, 0.2) is 0 Å². The Morgan fingerprint density at radius 2 is 2.12 bits per heavy atom. The smallest absolute Gasteiger partial charge is 0.220 e. The molecule has 0 bridgehead atoms. The number of morpholine rings is 1. The van der Waals surface area contributed by atoms with Gasteiger partial charge >= 0.3 is 0 Å². The second-order valence-electron chi connectivity index (χ2n) is 6.10. The fourth-order valence-electron chi connectivity index (χ4n) is 2.81. The highest BCUT2D eigenvalue weighted by Gasteiger charge is 2.13. The second kappa shape index (κ2) is 9.15. The summed E-state index contributed by atoms with van der Waals surface area (Å²) in [5, 5.41) is 2.92. The number of nitrogens with one attached hydrogen (secondary N) is 1. The van der Waals surface area contributed by atoms with E-state index in [-0.39, 0.29) is 5.91 Å². The van der Waals surface area contributed by atoms with E-state index in [4.69, 9.17) is 9.47 Å². The minimum absolute atomic E-state index is 0.000598. The van der Waals surface area contributed by atoms with Crippen molar-refractivity contribution in [1.29, 1.82) is 0 Å². The van der Waals surface area contributed by atoms with E-state index >= 15 is 0 Å². The molecule has 0 unspecified atom stereocenters. The summed E-state index contributed by atoms with van der Waals surface area (Å²) < 4.78 is 10.6. The summed E-state index contributed by atoms with van der Waals surface area (Å²) in [4.78, 5) is 22.8. The van der Waals surface area contributed by atoms with Crippen LogP contribution in [-0.2, 0) is 22.5 Å². The van der Waals surface area contributed by atoms with Crippen LogP contribution in [0.4, 0.5) is 5.82 Å². The number of amides is 1. The van der Waals surface area contributed by atoms with Gasteiger partial charge in [-0.1, -0.05) is 12.1 Å². The van der Waals surface area contributed by atoms with Gasteiger partial charge < -0.3 is 19.7 Å². The summed E-state index contributed by atoms with van der Waals surface area (Å²) >= 11 is 0. The first-order valence-electron chi connectivity index (χ1n) is 8.78. The monoisotopic (exact) mass is 356 g/mol. The number of aromatic nitrogens is 2. The minimum atomic E-state index is -0.000598. The standard InChI is InChI=1S/C19H24N4O3/c1-25-17-4-2-3-15(11-17)5-6-19(24)20-13-16-12-18(22-14-21-16)23-7-9-26-10-8-23/h2-4,11-12,14H,5-10,13H2,1H3,(H,20,24). The zero-order valence-electron chi connectivity index (χ0n) is 15.0. The number of hydrogen-bond acceptors (Lipinski definition) is 6. The van der Waals surface area contributed by atoms with E-state index in [0.29, 0.717) is 32.6 Å². The van der Waals surface area contributed by atoms with Crippen LogP contribution in [0.1, 0.15) is 17.7 Å². The van der Waals surface area contributed by atoms with Crippen molar-refractivity contribution in [3.8, 4) is 5.75 Å². The van der Waals surface area contributed by atoms with E-state index < -0.39 is 0 Å². The van der Waals surface area contributed by atoms with Crippen LogP contribution in [0.3, 0.4) is 0 Å². The maximum atomic E-state index is 12.1. The van der Waals surface area contributed by atoms with Crippen molar-refractivity contribution >= 4 is 11.7 Å². The molecule has 7 nitrogen and oxygen atoms in total. The molecule has 1 aromatic carbocycles. The molecule has 0 saturated carbocycles. The topological polar surface area (TPSA) is 76.6 Å². The summed E-state index contributed by atoms with van der Waals surface area (Å²) in [5.74, 6) is 1.68. The Kier molecular flexibility index (Phi) is 6.38. The van der Waals surface area contributed by atoms with Gasteiger partial charge in [-0.15, -0.1) is 0 Å². The van der Waals surface area contributed by atoms with Crippen LogP contribution in [0.15, 0.2) is 36.7 Å². The number of carbonyl (C=O) groups is 1. The van der Waals surface area contributed by atoms with Crippen molar-refractivity contribution in [2.75, 3.05) is 38.3 Å². The number of anilines is 1. The van der Waals surface area contributed by atoms with Gasteiger partial charge in [0, 0.05) is 25.6 Å². The van der Waals surface area contributed by atoms with Gasteiger partial charge in [-0.25, -0.2) is 9.97 Å². The molecule has 0 atom stereocenters. The molecule has 0 spiro atoms. The summed E-state index contributed by atoms with van der Waals surface area (Å²) in [5.41, 5.74) is 1.88. The highest BCUT2D eigenvalue weighted by molar-refractivity contribution is 5.76. The maximum absolute atomic E-state index is 12.1. The fourth-order valence-corrected chi connectivity index (χ4v) is 2.81. The number of ether oxygens (including phenoxy) is 2. The molecular formula is C19H24N4O3. The Morgan fingerprint density at radius 1 is 1.27 bits per heavy atom. The quantitative estimate of drug-likeness (QED) is 0.812. The maximum Gasteiger partial charge on any atom is 0.220 e. The van der Waals surface area contributed by atoms with Crippen molar-refractivity contribution in [3.05, 3.63) is 47.9 Å². The SMILES string of the molecule is COc1cccc(CCC(=O)NCc2cc(N3CCOCC3)ncn2)c1. The molecule has 1 aliphatic heterocycles. The molecule has 26 heavy (non-hydrogen) atoms. The Balaban J connectivity index is 1.48. The molecule has 0 radical (unpaired) electrons. The van der Waals surface area contributed by atoms with Gasteiger partial charge in [-0.05, 0) is 24.1 Å². The number of methoxy groups -OCH3 is 1. The fraction of sp³-hybridized carbons (Fsp3) is 0.421. The van der Waals surface area contributed by atoms with E-state index in [1.54, 1.807) is 13.4 Å². The minimum Gasteiger partial charge on any atom is -0.497 e. The van der Waals surface area contributed by atoms with Crippen molar-refractivity contribution < 1.29 is 14.3 Å². The number of benzene rings is 1. The molecule has 0 aliphatic carbocycles. The highest BCUT2D eigenvalue weighted by atomic mass is 16.5. The summed E-state index contributed by atoms with van der Waals surface area (Å²) in [6.45, 7) is 3.46. The van der Waals surface area contributed by atoms with Crippen LogP contribution in [0.5, 0.6) is 5.75 Å². The van der Waals surface area contributed by atoms with E-state index in [2.05, 4.69) is 20.2 Å². The lowest BCUT2D eigenvalue weighted by Crippen LogP contribution is -2.37. The third-order valence-electron chi connectivity index (χ3n) is 4.29. The molecule has 1 amide bonds. The number of nitrogens with zero attached hydrogens (tertiary/aromatic N) is 3. The molecule has 1 aliphatic rings. The average Bonchev–Trinajstić information content (AvgIpc) is 2.72. The zero-order valence-corrected chi connectivity index (χ0v) is 15.0. The van der Waals surface area contributed by atoms with Gasteiger partial charge in [-0.3, -0.25) is 4.79 Å². The first kappa shape index (κ1) is 18.1. The largest absolute Gasteiger partial charge is 0.497 e. The molecule has 3 rings (SSSR count). The van der Waals surface area contributed by atoms with Gasteiger partial charge in [0.05, 0.1) is 32.6 Å². The number of hydrogen-bond donors (Lipinski definition) is 1. The van der Waals surface area contributed by atoms with Crippen LogP contribution in [0.25, 0.3) is 0 Å². The predicted octanol–water partition coefficient (Wildman–Crippen LogP) is 1.57. The Labute approximate surface area is 153 Å². The van der Waals surface area contributed by atoms with E-state index in [1.165, 1.54) is 0 Å². The Hall–Kier alpha value is -2.67. The van der Waals surface area contributed by atoms with Gasteiger partial charge in [-0.2, -0.15) is 0 Å². The molecule has 1 aromatic heterocycles. The van der Waals surface area contributed by atoms with Gasteiger partial charge in [0.2, 0.25) is 5.91 Å². The average molecular weight is 356 g/mol. The number of carbonyl (C=O) groups excluding carboxylic acids is 1. The van der Waals surface area contributed by atoms with E-state index in [0.717, 1.165) is 35.9 Å². The Morgan fingerprint density at radius 3 is 2.92 bits per heavy atom. The molecule has 2 heterocycles. The van der Waals surface area contributed by atoms with Crippen molar-refractivity contribution in [2.24, 2.45) is 0 Å². The Bertz CT molecular complexity index is 732. The summed E-state index contributed by atoms with van der Waals surface area (Å²) in [6.07, 6.45) is 2.64. The molecule has 1 N–H and O–H groups in total. The molecule has 7 heteroatoms. The third kappa shape index (κ3) is 5.16. The summed E-state index contributed by atoms with van der Waals surface area (Å²) in [7, 11) is 1.64. The van der Waals surface area contributed by atoms with Crippen LogP contribution in [-0.4, -0.2) is 49.3 Å². The third-order valence-corrected chi connectivity index (χ3v) is 4.29. The number of rotatable bonds is 7. The highest BCUT2D eigenvalue weighted by Crippen LogP contribution is 2.14. The van der Waals surface area contributed by atoms with Crippen LogP contribution in [0.2, 0.25) is 0 Å². The second-order valence-corrected chi connectivity index (χ2v) is 6.10. The molecule has 2 aromatic rings. The molecular weight excluding hydrogens is 332 g/mol. The van der Waals surface area contributed by atoms with Gasteiger partial charge in [0.25, 0.3) is 0 Å². The normalized spacial score (nSPS) is 14.1. The molecule has 1 saturated heterocycles. The van der Waals surface area contributed by atoms with Crippen molar-refractivity contribution in [1.82, 2.24) is 15.3 Å². The lowest BCUT2D eigenvalue weighted by atomic mass is 10.1. The number of aryl methyl sites for hydroxylation is 1. The molecule has 138 valence electrons. The first-order chi connectivity index (χ1) is 12.7. The van der Waals surface area contributed by atoms with Crippen molar-refractivity contribution in [3.63, 3.8) is 0 Å². The predicted molar refractivity (Wildman–Crippen MR) is 98.2 cm³/mol. The van der Waals surface area contributed by atoms with Gasteiger partial charge in [0.1, 0.15) is 17.9 Å². The molecule has 1 fully saturated rings. The van der Waals surface area contributed by atoms with E-state index in [9.17, 15) is 4.79 Å². The lowest BCUT2D eigenvalue weighted by molar-refractivity contribution is -0.121. The van der Waals surface area contributed by atoms with Crippen molar-refractivity contribution in [2.45, 2.75) is 19.4 Å². The van der Waals surface area contributed by atoms with Crippen LogP contribution in [0, 0.1) is 0 Å². The zero-order chi connectivity index (χ0) is 18.2. The lowest BCUT2D eigenvalue weighted by Gasteiger charge is -2.27. The van der Waals surface area contributed by atoms with Crippen LogP contribution >= 0.6 is 0 Å². The van der Waals surface area contributed by atoms with E-state index in [1.807, 2.05) is 30.3 Å². The van der Waals surface area contributed by atoms with Crippen LogP contribution < -0.4 is 15.0 Å². The first-order valence-corrected chi connectivity index (χ1v) is 8.78.